The summed E-state index contributed by atoms with van der Waals surface area (Å²) in [6.45, 7) is 8.50. The number of hydrogen-bond donors (Lipinski definition) is 1. The van der Waals surface area contributed by atoms with E-state index in [1.165, 1.54) is 7.11 Å². The first-order valence-corrected chi connectivity index (χ1v) is 7.52. The topological polar surface area (TPSA) is 53.0 Å². The molecule has 0 atom stereocenters. The molecule has 0 aromatic heterocycles. The molecule has 0 radical (unpaired) electrons. The van der Waals surface area contributed by atoms with E-state index in [1.54, 1.807) is 12.1 Å². The highest BCUT2D eigenvalue weighted by molar-refractivity contribution is 5.97. The highest BCUT2D eigenvalue weighted by atomic mass is 16.5. The van der Waals surface area contributed by atoms with E-state index in [9.17, 15) is 9.90 Å². The van der Waals surface area contributed by atoms with Crippen LogP contribution in [-0.4, -0.2) is 60.6 Å². The van der Waals surface area contributed by atoms with Crippen molar-refractivity contribution >= 4 is 5.91 Å². The van der Waals surface area contributed by atoms with Crippen LogP contribution in [-0.2, 0) is 6.42 Å². The summed E-state index contributed by atoms with van der Waals surface area (Å²) in [6.07, 6.45) is 0.669. The average Bonchev–Trinajstić information content (AvgIpc) is 2.51. The lowest BCUT2D eigenvalue weighted by atomic mass is 9.97. The molecule has 21 heavy (non-hydrogen) atoms. The lowest BCUT2D eigenvalue weighted by Gasteiger charge is -2.31. The van der Waals surface area contributed by atoms with Gasteiger partial charge in [0.2, 0.25) is 0 Å². The number of carbonyl (C=O) groups is 1. The normalized spacial score (nSPS) is 14.5. The van der Waals surface area contributed by atoms with Gasteiger partial charge >= 0.3 is 0 Å². The SMILES string of the molecule is CCN(CC)CCN1CCc2c(ccc(OC)c2O)C1=O. The van der Waals surface area contributed by atoms with Crippen LogP contribution in [0.3, 0.4) is 0 Å². The van der Waals surface area contributed by atoms with Gasteiger partial charge in [-0.25, -0.2) is 0 Å². The summed E-state index contributed by atoms with van der Waals surface area (Å²) in [7, 11) is 1.52. The predicted octanol–water partition coefficient (Wildman–Crippen LogP) is 1.74. The van der Waals surface area contributed by atoms with Gasteiger partial charge in [-0.15, -0.1) is 0 Å². The standard InChI is InChI=1S/C16H24N2O3/c1-4-17(5-2)10-11-18-9-8-12-13(16(18)20)6-7-14(21-3)15(12)19/h6-7,19H,4-5,8-11H2,1-3H3. The molecule has 0 spiro atoms. The fraction of sp³-hybridized carbons (Fsp3) is 0.562. The molecule has 1 N–H and O–H groups in total. The van der Waals surface area contributed by atoms with Gasteiger partial charge in [0, 0.05) is 30.8 Å². The third kappa shape index (κ3) is 3.13. The zero-order chi connectivity index (χ0) is 15.4. The van der Waals surface area contributed by atoms with Gasteiger partial charge in [-0.1, -0.05) is 13.8 Å². The van der Waals surface area contributed by atoms with E-state index in [2.05, 4.69) is 18.7 Å². The third-order valence-electron chi connectivity index (χ3n) is 4.20. The molecule has 116 valence electrons. The Kier molecular flexibility index (Phi) is 5.07. The zero-order valence-corrected chi connectivity index (χ0v) is 13.1. The van der Waals surface area contributed by atoms with Gasteiger partial charge in [0.25, 0.3) is 5.91 Å². The molecule has 0 fully saturated rings. The van der Waals surface area contributed by atoms with E-state index in [0.29, 0.717) is 29.8 Å². The Morgan fingerprint density at radius 1 is 1.33 bits per heavy atom. The second-order valence-corrected chi connectivity index (χ2v) is 5.21. The van der Waals surface area contributed by atoms with Gasteiger partial charge in [0.15, 0.2) is 11.5 Å². The quantitative estimate of drug-likeness (QED) is 0.868. The number of phenols is 1. The van der Waals surface area contributed by atoms with E-state index in [0.717, 1.165) is 26.2 Å². The van der Waals surface area contributed by atoms with Gasteiger partial charge < -0.3 is 19.6 Å². The Bertz CT molecular complexity index is 512. The maximum absolute atomic E-state index is 12.5. The first-order chi connectivity index (χ1) is 10.1. The summed E-state index contributed by atoms with van der Waals surface area (Å²) in [5.41, 5.74) is 1.30. The largest absolute Gasteiger partial charge is 0.504 e. The highest BCUT2D eigenvalue weighted by Crippen LogP contribution is 2.35. The van der Waals surface area contributed by atoms with Crippen molar-refractivity contribution in [3.63, 3.8) is 0 Å². The molecule has 1 aromatic rings. The lowest BCUT2D eigenvalue weighted by Crippen LogP contribution is -2.42. The van der Waals surface area contributed by atoms with Gasteiger partial charge in [-0.05, 0) is 31.6 Å². The summed E-state index contributed by atoms with van der Waals surface area (Å²) >= 11 is 0. The van der Waals surface area contributed by atoms with Gasteiger partial charge in [0.05, 0.1) is 7.11 Å². The van der Waals surface area contributed by atoms with E-state index < -0.39 is 0 Å². The molecular formula is C16H24N2O3. The number of benzene rings is 1. The summed E-state index contributed by atoms with van der Waals surface area (Å²) in [5, 5.41) is 10.1. The number of nitrogens with zero attached hydrogens (tertiary/aromatic N) is 2. The Labute approximate surface area is 126 Å². The predicted molar refractivity (Wildman–Crippen MR) is 82.1 cm³/mol. The highest BCUT2D eigenvalue weighted by Gasteiger charge is 2.27. The van der Waals surface area contributed by atoms with E-state index in [-0.39, 0.29) is 11.7 Å². The van der Waals surface area contributed by atoms with E-state index in [1.807, 2.05) is 4.90 Å². The Morgan fingerprint density at radius 2 is 2.05 bits per heavy atom. The van der Waals surface area contributed by atoms with Gasteiger partial charge in [-0.3, -0.25) is 4.79 Å². The molecule has 1 aliphatic heterocycles. The minimum absolute atomic E-state index is 0.00126. The molecule has 0 saturated carbocycles. The van der Waals surface area contributed by atoms with E-state index in [4.69, 9.17) is 4.74 Å². The van der Waals surface area contributed by atoms with Gasteiger partial charge in [0.1, 0.15) is 0 Å². The third-order valence-corrected chi connectivity index (χ3v) is 4.20. The van der Waals surface area contributed by atoms with Crippen molar-refractivity contribution in [2.24, 2.45) is 0 Å². The molecule has 5 nitrogen and oxygen atoms in total. The van der Waals surface area contributed by atoms with Crippen LogP contribution in [0.15, 0.2) is 12.1 Å². The van der Waals surface area contributed by atoms with Crippen LogP contribution in [0.25, 0.3) is 0 Å². The monoisotopic (exact) mass is 292 g/mol. The van der Waals surface area contributed by atoms with Crippen molar-refractivity contribution in [1.82, 2.24) is 9.80 Å². The molecule has 5 heteroatoms. The van der Waals surface area contributed by atoms with Crippen molar-refractivity contribution in [3.8, 4) is 11.5 Å². The average molecular weight is 292 g/mol. The molecule has 1 heterocycles. The fourth-order valence-corrected chi connectivity index (χ4v) is 2.77. The number of methoxy groups -OCH3 is 1. The van der Waals surface area contributed by atoms with Crippen molar-refractivity contribution < 1.29 is 14.6 Å². The number of phenolic OH excluding ortho intramolecular Hbond substituents is 1. The molecule has 0 saturated heterocycles. The number of aromatic hydroxyl groups is 1. The molecule has 0 aliphatic carbocycles. The molecular weight excluding hydrogens is 268 g/mol. The molecule has 0 unspecified atom stereocenters. The summed E-state index contributed by atoms with van der Waals surface area (Å²) in [4.78, 5) is 16.7. The number of rotatable bonds is 6. The Hall–Kier alpha value is -1.75. The second-order valence-electron chi connectivity index (χ2n) is 5.21. The maximum atomic E-state index is 12.5. The van der Waals surface area contributed by atoms with Crippen molar-refractivity contribution in [1.29, 1.82) is 0 Å². The zero-order valence-electron chi connectivity index (χ0n) is 13.1. The first kappa shape index (κ1) is 15.6. The van der Waals surface area contributed by atoms with Crippen LogP contribution in [0.4, 0.5) is 0 Å². The minimum Gasteiger partial charge on any atom is -0.504 e. The van der Waals surface area contributed by atoms with Crippen LogP contribution in [0.5, 0.6) is 11.5 Å². The first-order valence-electron chi connectivity index (χ1n) is 7.52. The van der Waals surface area contributed by atoms with Crippen molar-refractivity contribution in [2.45, 2.75) is 20.3 Å². The Morgan fingerprint density at radius 3 is 2.67 bits per heavy atom. The number of amides is 1. The van der Waals surface area contributed by atoms with E-state index >= 15 is 0 Å². The number of carbonyl (C=O) groups excluding carboxylic acids is 1. The van der Waals surface area contributed by atoms with Crippen LogP contribution in [0.2, 0.25) is 0 Å². The number of hydrogen-bond acceptors (Lipinski definition) is 4. The van der Waals surface area contributed by atoms with Crippen molar-refractivity contribution in [2.75, 3.05) is 39.8 Å². The second kappa shape index (κ2) is 6.80. The minimum atomic E-state index is 0.00126. The van der Waals surface area contributed by atoms with Crippen molar-refractivity contribution in [3.05, 3.63) is 23.3 Å². The molecule has 1 amide bonds. The number of ether oxygens (including phenoxy) is 1. The number of fused-ring (bicyclic) bond motifs is 1. The summed E-state index contributed by atoms with van der Waals surface area (Å²) < 4.78 is 5.10. The van der Waals surface area contributed by atoms with Crippen LogP contribution in [0, 0.1) is 0 Å². The Balaban J connectivity index is 2.12. The number of likely N-dealkylation sites (N-methyl/N-ethyl adjacent to an activating group) is 1. The molecule has 0 bridgehead atoms. The molecule has 1 aliphatic rings. The van der Waals surface area contributed by atoms with Gasteiger partial charge in [-0.2, -0.15) is 0 Å². The summed E-state index contributed by atoms with van der Waals surface area (Å²) in [6, 6.07) is 3.40. The molecule has 1 aromatic carbocycles. The molecule has 2 rings (SSSR count). The maximum Gasteiger partial charge on any atom is 0.254 e. The fourth-order valence-electron chi connectivity index (χ4n) is 2.77. The van der Waals surface area contributed by atoms with Crippen LogP contribution in [0.1, 0.15) is 29.8 Å². The summed E-state index contributed by atoms with van der Waals surface area (Å²) in [5.74, 6) is 0.534. The smallest absolute Gasteiger partial charge is 0.254 e. The van der Waals surface area contributed by atoms with Crippen LogP contribution >= 0.6 is 0 Å². The van der Waals surface area contributed by atoms with Crippen LogP contribution < -0.4 is 4.74 Å². The lowest BCUT2D eigenvalue weighted by molar-refractivity contribution is 0.0719.